The fourth-order valence-electron chi connectivity index (χ4n) is 1.68. The third-order valence-corrected chi connectivity index (χ3v) is 2.85. The van der Waals surface area contributed by atoms with Crippen molar-refractivity contribution in [1.82, 2.24) is 19.6 Å². The Labute approximate surface area is 109 Å². The Morgan fingerprint density at radius 1 is 1.50 bits per heavy atom. The van der Waals surface area contributed by atoms with Crippen LogP contribution in [0.15, 0.2) is 23.1 Å². The molecule has 2 N–H and O–H groups in total. The van der Waals surface area contributed by atoms with E-state index in [1.54, 1.807) is 28.6 Å². The molecule has 0 saturated heterocycles. The molecule has 0 fully saturated rings. The van der Waals surface area contributed by atoms with Gasteiger partial charge >= 0.3 is 0 Å². The Kier molecular flexibility index (Phi) is 3.24. The summed E-state index contributed by atoms with van der Waals surface area (Å²) in [6, 6.07) is 3.46. The molecule has 18 heavy (non-hydrogen) atoms. The number of thiocarbonyl (C=S) groups is 1. The Bertz CT molecular complexity index is 658. The van der Waals surface area contributed by atoms with Gasteiger partial charge < -0.3 is 10.3 Å². The maximum absolute atomic E-state index is 12.2. The molecular formula is C11H13N5OS. The number of aryl methyl sites for hydroxylation is 2. The summed E-state index contributed by atoms with van der Waals surface area (Å²) in [6.07, 6.45) is 1.76. The van der Waals surface area contributed by atoms with Crippen molar-refractivity contribution in [2.24, 2.45) is 12.8 Å². The minimum atomic E-state index is -0.201. The molecule has 7 heteroatoms. The lowest BCUT2D eigenvalue weighted by molar-refractivity contribution is 0.696. The first-order chi connectivity index (χ1) is 8.49. The normalized spacial score (nSPS) is 10.6. The van der Waals surface area contributed by atoms with E-state index in [1.807, 2.05) is 13.0 Å². The molecular weight excluding hydrogens is 250 g/mol. The summed E-state index contributed by atoms with van der Waals surface area (Å²) in [5.41, 5.74) is 7.20. The zero-order valence-corrected chi connectivity index (χ0v) is 10.9. The van der Waals surface area contributed by atoms with E-state index in [0.29, 0.717) is 17.8 Å². The van der Waals surface area contributed by atoms with Crippen molar-refractivity contribution in [3.63, 3.8) is 0 Å². The van der Waals surface area contributed by atoms with Gasteiger partial charge in [0.05, 0.1) is 12.1 Å². The van der Waals surface area contributed by atoms with E-state index in [1.165, 1.54) is 0 Å². The van der Waals surface area contributed by atoms with Gasteiger partial charge in [0.1, 0.15) is 10.7 Å². The number of pyridine rings is 1. The summed E-state index contributed by atoms with van der Waals surface area (Å²) in [4.78, 5) is 12.3. The molecule has 2 heterocycles. The molecule has 6 nitrogen and oxygen atoms in total. The molecule has 0 aliphatic carbocycles. The van der Waals surface area contributed by atoms with Gasteiger partial charge in [0.15, 0.2) is 0 Å². The van der Waals surface area contributed by atoms with Crippen LogP contribution in [0.2, 0.25) is 0 Å². The van der Waals surface area contributed by atoms with E-state index in [2.05, 4.69) is 10.3 Å². The summed E-state index contributed by atoms with van der Waals surface area (Å²) in [7, 11) is 1.78. The molecule has 2 aromatic rings. The Morgan fingerprint density at radius 3 is 2.78 bits per heavy atom. The number of nitrogens with two attached hydrogens (primary N) is 1. The second kappa shape index (κ2) is 4.69. The quantitative estimate of drug-likeness (QED) is 0.787. The van der Waals surface area contributed by atoms with Crippen LogP contribution >= 0.6 is 12.2 Å². The average Bonchev–Trinajstić information content (AvgIpc) is 2.69. The van der Waals surface area contributed by atoms with Crippen molar-refractivity contribution in [2.45, 2.75) is 13.5 Å². The summed E-state index contributed by atoms with van der Waals surface area (Å²) < 4.78 is 3.17. The third kappa shape index (κ3) is 2.30. The number of nitrogens with zero attached hydrogens (tertiary/aromatic N) is 4. The molecule has 2 aromatic heterocycles. The topological polar surface area (TPSA) is 78.7 Å². The Morgan fingerprint density at radius 2 is 2.22 bits per heavy atom. The van der Waals surface area contributed by atoms with Crippen LogP contribution in [-0.4, -0.2) is 24.5 Å². The van der Waals surface area contributed by atoms with Crippen molar-refractivity contribution in [3.8, 4) is 0 Å². The van der Waals surface area contributed by atoms with Gasteiger partial charge in [-0.1, -0.05) is 17.4 Å². The van der Waals surface area contributed by atoms with E-state index >= 15 is 0 Å². The van der Waals surface area contributed by atoms with Crippen molar-refractivity contribution < 1.29 is 0 Å². The molecule has 94 valence electrons. The molecule has 0 spiro atoms. The van der Waals surface area contributed by atoms with Crippen LogP contribution < -0.4 is 11.3 Å². The standard InChI is InChI=1S/C11H13N5OS/c1-7-3-4-9(10(12)18)11(17)16(7)6-8-5-15(2)14-13-8/h3-5H,6H2,1-2H3,(H2,12,18). The molecule has 0 radical (unpaired) electrons. The first-order valence-electron chi connectivity index (χ1n) is 5.34. The highest BCUT2D eigenvalue weighted by Crippen LogP contribution is 2.02. The zero-order valence-electron chi connectivity index (χ0n) is 10.1. The highest BCUT2D eigenvalue weighted by Gasteiger charge is 2.10. The maximum atomic E-state index is 12.2. The molecule has 0 saturated carbocycles. The molecule has 0 atom stereocenters. The van der Waals surface area contributed by atoms with Crippen LogP contribution in [0.4, 0.5) is 0 Å². The van der Waals surface area contributed by atoms with Crippen LogP contribution in [0.3, 0.4) is 0 Å². The summed E-state index contributed by atoms with van der Waals surface area (Å²) in [6.45, 7) is 2.20. The monoisotopic (exact) mass is 263 g/mol. The van der Waals surface area contributed by atoms with Crippen LogP contribution in [0, 0.1) is 6.92 Å². The number of hydrogen-bond acceptors (Lipinski definition) is 4. The minimum Gasteiger partial charge on any atom is -0.389 e. The van der Waals surface area contributed by atoms with Crippen molar-refractivity contribution in [3.05, 3.63) is 45.6 Å². The van der Waals surface area contributed by atoms with E-state index < -0.39 is 0 Å². The smallest absolute Gasteiger partial charge is 0.261 e. The number of rotatable bonds is 3. The first kappa shape index (κ1) is 12.4. The first-order valence-corrected chi connectivity index (χ1v) is 5.75. The summed E-state index contributed by atoms with van der Waals surface area (Å²) >= 11 is 4.85. The van der Waals surface area contributed by atoms with Gasteiger partial charge in [0, 0.05) is 18.9 Å². The van der Waals surface area contributed by atoms with Crippen molar-refractivity contribution in [1.29, 1.82) is 0 Å². The summed E-state index contributed by atoms with van der Waals surface area (Å²) in [5.74, 6) is 0. The van der Waals surface area contributed by atoms with E-state index in [4.69, 9.17) is 18.0 Å². The second-order valence-electron chi connectivity index (χ2n) is 4.03. The van der Waals surface area contributed by atoms with Crippen LogP contribution in [0.5, 0.6) is 0 Å². The van der Waals surface area contributed by atoms with Gasteiger partial charge in [-0.3, -0.25) is 9.48 Å². The lowest BCUT2D eigenvalue weighted by Gasteiger charge is -2.09. The van der Waals surface area contributed by atoms with Crippen molar-refractivity contribution >= 4 is 17.2 Å². The molecule has 0 bridgehead atoms. The van der Waals surface area contributed by atoms with E-state index in [-0.39, 0.29) is 10.5 Å². The van der Waals surface area contributed by atoms with Gasteiger partial charge in [-0.15, -0.1) is 5.10 Å². The molecule has 0 aromatic carbocycles. The van der Waals surface area contributed by atoms with E-state index in [9.17, 15) is 4.79 Å². The second-order valence-corrected chi connectivity index (χ2v) is 4.47. The molecule has 0 unspecified atom stereocenters. The van der Waals surface area contributed by atoms with Gasteiger partial charge in [-0.2, -0.15) is 0 Å². The van der Waals surface area contributed by atoms with Gasteiger partial charge in [0.25, 0.3) is 5.56 Å². The van der Waals surface area contributed by atoms with Crippen LogP contribution in [0.1, 0.15) is 17.0 Å². The van der Waals surface area contributed by atoms with Crippen LogP contribution in [0.25, 0.3) is 0 Å². The lowest BCUT2D eigenvalue weighted by atomic mass is 10.2. The van der Waals surface area contributed by atoms with Gasteiger partial charge in [-0.05, 0) is 19.1 Å². The largest absolute Gasteiger partial charge is 0.389 e. The molecule has 2 rings (SSSR count). The molecule has 0 amide bonds. The van der Waals surface area contributed by atoms with Gasteiger partial charge in [-0.25, -0.2) is 0 Å². The predicted octanol–water partition coefficient (Wildman–Crippen LogP) is -0.0323. The lowest BCUT2D eigenvalue weighted by Crippen LogP contribution is -2.30. The maximum Gasteiger partial charge on any atom is 0.261 e. The Hall–Kier alpha value is -2.02. The minimum absolute atomic E-state index is 0.105. The average molecular weight is 263 g/mol. The number of aromatic nitrogens is 4. The molecule has 0 aliphatic heterocycles. The number of hydrogen-bond donors (Lipinski definition) is 1. The van der Waals surface area contributed by atoms with Gasteiger partial charge in [0.2, 0.25) is 0 Å². The van der Waals surface area contributed by atoms with Crippen molar-refractivity contribution in [2.75, 3.05) is 0 Å². The summed E-state index contributed by atoms with van der Waals surface area (Å²) in [5, 5.41) is 7.79. The highest BCUT2D eigenvalue weighted by molar-refractivity contribution is 7.80. The SMILES string of the molecule is Cc1ccc(C(N)=S)c(=O)n1Cc1cn(C)nn1. The highest BCUT2D eigenvalue weighted by atomic mass is 32.1. The zero-order chi connectivity index (χ0) is 13.3. The fourth-order valence-corrected chi connectivity index (χ4v) is 1.84. The Balaban J connectivity index is 2.47. The predicted molar refractivity (Wildman–Crippen MR) is 71.4 cm³/mol. The van der Waals surface area contributed by atoms with Crippen LogP contribution in [-0.2, 0) is 13.6 Å². The molecule has 0 aliphatic rings. The fraction of sp³-hybridized carbons (Fsp3) is 0.273. The van der Waals surface area contributed by atoms with E-state index in [0.717, 1.165) is 5.69 Å². The third-order valence-electron chi connectivity index (χ3n) is 2.63.